The summed E-state index contributed by atoms with van der Waals surface area (Å²) in [5.74, 6) is 0.787. The molecule has 0 spiro atoms. The maximum absolute atomic E-state index is 13.6. The molecule has 0 saturated carbocycles. The third-order valence-corrected chi connectivity index (χ3v) is 5.11. The van der Waals surface area contributed by atoms with Gasteiger partial charge in [0.2, 0.25) is 0 Å². The van der Waals surface area contributed by atoms with Crippen LogP contribution in [0.3, 0.4) is 0 Å². The molecule has 3 heterocycles. The van der Waals surface area contributed by atoms with Crippen LogP contribution in [0.1, 0.15) is 5.69 Å². The number of quaternary nitrogens is 1. The highest BCUT2D eigenvalue weighted by atomic mass is 19.1. The molecule has 0 atom stereocenters. The number of fused-ring (bicyclic) bond motifs is 1. The van der Waals surface area contributed by atoms with Crippen LogP contribution in [0.25, 0.3) is 16.9 Å². The number of aromatic nitrogens is 3. The van der Waals surface area contributed by atoms with Gasteiger partial charge in [-0.3, -0.25) is 0 Å². The minimum Gasteiger partial charge on any atom is -0.379 e. The number of ether oxygens (including phenoxy) is 1. The molecular formula is C20H25FN5O+. The molecule has 0 amide bonds. The molecule has 6 nitrogen and oxygen atoms in total. The molecule has 27 heavy (non-hydrogen) atoms. The summed E-state index contributed by atoms with van der Waals surface area (Å²) in [6.07, 6.45) is 0. The van der Waals surface area contributed by atoms with Crippen molar-refractivity contribution in [2.24, 2.45) is 0 Å². The molecular weight excluding hydrogens is 345 g/mol. The first kappa shape index (κ1) is 17.9. The van der Waals surface area contributed by atoms with Crippen LogP contribution in [0.5, 0.6) is 0 Å². The smallest absolute Gasteiger partial charge is 0.158 e. The Morgan fingerprint density at radius 1 is 1.19 bits per heavy atom. The minimum atomic E-state index is -0.260. The molecule has 1 saturated heterocycles. The van der Waals surface area contributed by atoms with Crippen molar-refractivity contribution in [3.8, 4) is 11.3 Å². The summed E-state index contributed by atoms with van der Waals surface area (Å²) in [5, 5.41) is 4.73. The quantitative estimate of drug-likeness (QED) is 0.733. The van der Waals surface area contributed by atoms with E-state index in [9.17, 15) is 4.39 Å². The normalized spacial score (nSPS) is 15.6. The van der Waals surface area contributed by atoms with Gasteiger partial charge in [0.25, 0.3) is 0 Å². The monoisotopic (exact) mass is 370 g/mol. The summed E-state index contributed by atoms with van der Waals surface area (Å²) in [4.78, 5) is 8.54. The highest BCUT2D eigenvalue weighted by Crippen LogP contribution is 2.24. The summed E-state index contributed by atoms with van der Waals surface area (Å²) in [6.45, 7) is 7.91. The lowest BCUT2D eigenvalue weighted by molar-refractivity contribution is -0.900. The van der Waals surface area contributed by atoms with Gasteiger partial charge in [-0.15, -0.1) is 0 Å². The van der Waals surface area contributed by atoms with Gasteiger partial charge in [0.15, 0.2) is 5.65 Å². The van der Waals surface area contributed by atoms with Crippen LogP contribution in [-0.4, -0.2) is 61.0 Å². The fraction of sp³-hybridized carbons (Fsp3) is 0.400. The number of nitrogens with one attached hydrogen (secondary N) is 1. The van der Waals surface area contributed by atoms with E-state index in [1.165, 1.54) is 12.1 Å². The van der Waals surface area contributed by atoms with Crippen LogP contribution in [0.15, 0.2) is 36.4 Å². The lowest BCUT2D eigenvalue weighted by atomic mass is 10.1. The van der Waals surface area contributed by atoms with Crippen molar-refractivity contribution in [2.45, 2.75) is 6.92 Å². The molecule has 1 fully saturated rings. The minimum absolute atomic E-state index is 0.260. The van der Waals surface area contributed by atoms with Crippen LogP contribution in [-0.2, 0) is 4.74 Å². The Labute approximate surface area is 158 Å². The number of anilines is 1. The Bertz CT molecular complexity index is 933. The van der Waals surface area contributed by atoms with E-state index in [2.05, 4.69) is 16.0 Å². The average molecular weight is 370 g/mol. The Balaban J connectivity index is 1.63. The summed E-state index contributed by atoms with van der Waals surface area (Å²) >= 11 is 0. The number of halogens is 1. The average Bonchev–Trinajstić information content (AvgIpc) is 3.10. The maximum Gasteiger partial charge on any atom is 0.158 e. The van der Waals surface area contributed by atoms with E-state index in [-0.39, 0.29) is 5.82 Å². The van der Waals surface area contributed by atoms with E-state index in [0.717, 1.165) is 67.7 Å². The molecule has 1 N–H and O–H groups in total. The van der Waals surface area contributed by atoms with E-state index in [0.29, 0.717) is 0 Å². The molecule has 0 aliphatic carbocycles. The molecule has 2 aromatic heterocycles. The first-order chi connectivity index (χ1) is 13.1. The van der Waals surface area contributed by atoms with Gasteiger partial charge in [-0.05, 0) is 19.1 Å². The summed E-state index contributed by atoms with van der Waals surface area (Å²) in [7, 11) is 1.75. The number of aryl methyl sites for hydroxylation is 1. The molecule has 142 valence electrons. The molecule has 0 unspecified atom stereocenters. The van der Waals surface area contributed by atoms with E-state index in [1.54, 1.807) is 18.1 Å². The van der Waals surface area contributed by atoms with Crippen molar-refractivity contribution >= 4 is 11.5 Å². The van der Waals surface area contributed by atoms with Gasteiger partial charge in [-0.1, -0.05) is 12.1 Å². The Hall–Kier alpha value is -2.51. The zero-order chi connectivity index (χ0) is 18.8. The predicted octanol–water partition coefficient (Wildman–Crippen LogP) is 1.20. The highest BCUT2D eigenvalue weighted by Gasteiger charge is 2.22. The van der Waals surface area contributed by atoms with Crippen LogP contribution in [0.4, 0.5) is 10.2 Å². The number of benzene rings is 1. The Morgan fingerprint density at radius 3 is 2.74 bits per heavy atom. The van der Waals surface area contributed by atoms with Crippen molar-refractivity contribution in [2.75, 3.05) is 51.3 Å². The van der Waals surface area contributed by atoms with Crippen molar-refractivity contribution in [3.63, 3.8) is 0 Å². The first-order valence-electron chi connectivity index (χ1n) is 9.35. The van der Waals surface area contributed by atoms with Crippen molar-refractivity contribution < 1.29 is 14.0 Å². The first-order valence-corrected chi connectivity index (χ1v) is 9.35. The Kier molecular flexibility index (Phi) is 5.05. The molecule has 3 aromatic rings. The fourth-order valence-electron chi connectivity index (χ4n) is 3.64. The summed E-state index contributed by atoms with van der Waals surface area (Å²) in [6, 6.07) is 10.5. The topological polar surface area (TPSA) is 47.1 Å². The van der Waals surface area contributed by atoms with E-state index >= 15 is 0 Å². The summed E-state index contributed by atoms with van der Waals surface area (Å²) < 4.78 is 20.7. The highest BCUT2D eigenvalue weighted by molar-refractivity contribution is 5.66. The molecule has 0 bridgehead atoms. The summed E-state index contributed by atoms with van der Waals surface area (Å²) in [5.41, 5.74) is 3.24. The number of methoxy groups -OCH3 is 1. The number of hydrogen-bond acceptors (Lipinski definition) is 4. The van der Waals surface area contributed by atoms with Crippen molar-refractivity contribution in [3.05, 3.63) is 47.9 Å². The lowest BCUT2D eigenvalue weighted by Gasteiger charge is -2.33. The van der Waals surface area contributed by atoms with Crippen molar-refractivity contribution in [1.29, 1.82) is 0 Å². The van der Waals surface area contributed by atoms with Gasteiger partial charge >= 0.3 is 0 Å². The second-order valence-electron chi connectivity index (χ2n) is 7.05. The second kappa shape index (κ2) is 7.62. The van der Waals surface area contributed by atoms with Crippen LogP contribution in [0.2, 0.25) is 0 Å². The van der Waals surface area contributed by atoms with Crippen LogP contribution < -0.4 is 9.80 Å². The Morgan fingerprint density at radius 2 is 2.00 bits per heavy atom. The second-order valence-corrected chi connectivity index (χ2v) is 7.05. The van der Waals surface area contributed by atoms with E-state index in [4.69, 9.17) is 9.84 Å². The molecule has 0 radical (unpaired) electrons. The number of rotatable bonds is 5. The van der Waals surface area contributed by atoms with E-state index in [1.807, 2.05) is 23.6 Å². The van der Waals surface area contributed by atoms with Crippen LogP contribution >= 0.6 is 0 Å². The molecule has 1 aliphatic rings. The maximum atomic E-state index is 13.6. The fourth-order valence-corrected chi connectivity index (χ4v) is 3.64. The zero-order valence-corrected chi connectivity index (χ0v) is 15.8. The lowest BCUT2D eigenvalue weighted by Crippen LogP contribution is -3.15. The zero-order valence-electron chi connectivity index (χ0n) is 15.8. The molecule has 7 heteroatoms. The van der Waals surface area contributed by atoms with E-state index < -0.39 is 0 Å². The van der Waals surface area contributed by atoms with Gasteiger partial charge in [0, 0.05) is 30.5 Å². The third-order valence-electron chi connectivity index (χ3n) is 5.11. The molecule has 4 rings (SSSR count). The van der Waals surface area contributed by atoms with Crippen molar-refractivity contribution in [1.82, 2.24) is 14.6 Å². The molecule has 1 aromatic carbocycles. The number of hydrogen-bond donors (Lipinski definition) is 1. The predicted molar refractivity (Wildman–Crippen MR) is 103 cm³/mol. The molecule has 1 aliphatic heterocycles. The largest absolute Gasteiger partial charge is 0.379 e. The number of nitrogens with zero attached hydrogens (tertiary/aromatic N) is 4. The van der Waals surface area contributed by atoms with Crippen LogP contribution in [0, 0.1) is 12.7 Å². The third kappa shape index (κ3) is 3.79. The van der Waals surface area contributed by atoms with Gasteiger partial charge in [0.1, 0.15) is 18.2 Å². The number of piperazine rings is 1. The van der Waals surface area contributed by atoms with Gasteiger partial charge in [-0.25, -0.2) is 9.37 Å². The van der Waals surface area contributed by atoms with Gasteiger partial charge in [-0.2, -0.15) is 9.61 Å². The SMILES string of the molecule is COCC[NH+]1CCN(c2cc(C)nc3cc(-c4cccc(F)c4)nn23)CC1. The van der Waals surface area contributed by atoms with Gasteiger partial charge in [0.05, 0.1) is 38.5 Å². The standard InChI is InChI=1S/C20H24FN5O/c1-15-12-20(25-8-6-24(7-9-25)10-11-27-2)26-19(22-15)14-18(23-26)16-4-3-5-17(21)13-16/h3-5,12-14H,6-11H2,1-2H3/p+1. The van der Waals surface area contributed by atoms with Gasteiger partial charge < -0.3 is 14.5 Å².